The fourth-order valence-electron chi connectivity index (χ4n) is 1.60. The Morgan fingerprint density at radius 3 is 2.89 bits per heavy atom. The first-order valence-corrected chi connectivity index (χ1v) is 8.15. The molecule has 0 amide bonds. The van der Waals surface area contributed by atoms with Gasteiger partial charge in [-0.2, -0.15) is 5.26 Å². The summed E-state index contributed by atoms with van der Waals surface area (Å²) in [7, 11) is 0. The van der Waals surface area contributed by atoms with E-state index in [1.165, 1.54) is 15.0 Å². The van der Waals surface area contributed by atoms with E-state index in [9.17, 15) is 4.79 Å². The number of rotatable bonds is 3. The third kappa shape index (κ3) is 2.43. The molecule has 0 aliphatic carbocycles. The third-order valence-electron chi connectivity index (χ3n) is 2.44. The van der Waals surface area contributed by atoms with Crippen LogP contribution in [0.4, 0.5) is 0 Å². The first kappa shape index (κ1) is 13.5. The molecule has 2 heterocycles. The van der Waals surface area contributed by atoms with Gasteiger partial charge in [0.2, 0.25) is 0 Å². The highest BCUT2D eigenvalue weighted by Crippen LogP contribution is 2.39. The first-order chi connectivity index (χ1) is 8.56. The summed E-state index contributed by atoms with van der Waals surface area (Å²) in [6.07, 6.45) is 1.47. The van der Waals surface area contributed by atoms with E-state index in [4.69, 9.17) is 10.4 Å². The number of fused-ring (bicyclic) bond motifs is 1. The van der Waals surface area contributed by atoms with Crippen molar-refractivity contribution in [1.82, 2.24) is 0 Å². The molecule has 3 nitrogen and oxygen atoms in total. The van der Waals surface area contributed by atoms with Crippen LogP contribution in [0.15, 0.2) is 11.6 Å². The maximum Gasteiger partial charge on any atom is 0.346 e. The highest BCUT2D eigenvalue weighted by atomic mass is 127. The lowest BCUT2D eigenvalue weighted by atomic mass is 10.1. The Balaban J connectivity index is 2.63. The highest BCUT2D eigenvalue weighted by Gasteiger charge is 2.14. The van der Waals surface area contributed by atoms with Crippen molar-refractivity contribution < 1.29 is 9.90 Å². The Labute approximate surface area is 126 Å². The van der Waals surface area contributed by atoms with Gasteiger partial charge in [0, 0.05) is 19.6 Å². The van der Waals surface area contributed by atoms with Crippen molar-refractivity contribution in [3.8, 4) is 6.07 Å². The average Bonchev–Trinajstić information content (AvgIpc) is 2.83. The van der Waals surface area contributed by atoms with E-state index in [0.717, 1.165) is 20.3 Å². The summed E-state index contributed by atoms with van der Waals surface area (Å²) in [4.78, 5) is 13.2. The highest BCUT2D eigenvalue weighted by molar-refractivity contribution is 14.1. The van der Waals surface area contributed by atoms with Crippen LogP contribution in [-0.4, -0.2) is 11.1 Å². The number of hydrogen-bond donors (Lipinski definition) is 1. The minimum Gasteiger partial charge on any atom is -0.477 e. The topological polar surface area (TPSA) is 61.1 Å². The zero-order valence-corrected chi connectivity index (χ0v) is 13.1. The molecule has 0 aromatic carbocycles. The summed E-state index contributed by atoms with van der Waals surface area (Å²) < 4.78 is 2.13. The maximum absolute atomic E-state index is 10.9. The number of halogens is 1. The van der Waals surface area contributed by atoms with Gasteiger partial charge in [-0.05, 0) is 24.6 Å². The van der Waals surface area contributed by atoms with E-state index in [-0.39, 0.29) is 5.57 Å². The molecule has 0 aliphatic rings. The van der Waals surface area contributed by atoms with E-state index >= 15 is 0 Å². The normalized spacial score (nSPS) is 11.7. The summed E-state index contributed by atoms with van der Waals surface area (Å²) in [6, 6.07) is 3.80. The monoisotopic (exact) mass is 389 g/mol. The summed E-state index contributed by atoms with van der Waals surface area (Å²) in [5, 5.41) is 18.8. The van der Waals surface area contributed by atoms with Crippen LogP contribution in [0.2, 0.25) is 0 Å². The van der Waals surface area contributed by atoms with Crippen molar-refractivity contribution in [1.29, 1.82) is 5.26 Å². The van der Waals surface area contributed by atoms with Gasteiger partial charge >= 0.3 is 5.97 Å². The molecule has 0 saturated heterocycles. The average molecular weight is 389 g/mol. The van der Waals surface area contributed by atoms with E-state index in [1.54, 1.807) is 28.7 Å². The predicted octanol–water partition coefficient (Wildman–Crippen LogP) is 4.20. The van der Waals surface area contributed by atoms with E-state index in [1.807, 2.05) is 6.92 Å². The number of hydrogen-bond acceptors (Lipinski definition) is 4. The molecule has 92 valence electrons. The van der Waals surface area contributed by atoms with Gasteiger partial charge in [0.05, 0.1) is 4.01 Å². The second-order valence-corrected chi connectivity index (χ2v) is 6.98. The summed E-state index contributed by atoms with van der Waals surface area (Å²) in [5.41, 5.74) is 0.640. The Morgan fingerprint density at radius 1 is 1.61 bits per heavy atom. The van der Waals surface area contributed by atoms with Crippen LogP contribution in [0.3, 0.4) is 0 Å². The molecule has 2 rings (SSSR count). The fraction of sp³-hybridized carbons (Fsp3) is 0.167. The Hall–Kier alpha value is -0.910. The number of nitriles is 1. The largest absolute Gasteiger partial charge is 0.477 e. The molecule has 1 N–H and O–H groups in total. The molecule has 0 bridgehead atoms. The zero-order valence-electron chi connectivity index (χ0n) is 9.36. The van der Waals surface area contributed by atoms with Crippen LogP contribution in [0, 0.1) is 18.3 Å². The number of carboxylic acids is 1. The van der Waals surface area contributed by atoms with Gasteiger partial charge < -0.3 is 5.11 Å². The van der Waals surface area contributed by atoms with Crippen molar-refractivity contribution in [3.63, 3.8) is 0 Å². The number of aliphatic carboxylic acids is 1. The molecule has 0 spiro atoms. The molecule has 18 heavy (non-hydrogen) atoms. The van der Waals surface area contributed by atoms with Crippen LogP contribution >= 0.6 is 45.3 Å². The zero-order chi connectivity index (χ0) is 13.3. The van der Waals surface area contributed by atoms with Crippen molar-refractivity contribution in [3.05, 3.63) is 27.0 Å². The quantitative estimate of drug-likeness (QED) is 0.371. The number of carboxylic acid groups (broad SMARTS) is 1. The Morgan fingerprint density at radius 2 is 2.33 bits per heavy atom. The van der Waals surface area contributed by atoms with Gasteiger partial charge in [0.15, 0.2) is 0 Å². The van der Waals surface area contributed by atoms with Gasteiger partial charge in [-0.25, -0.2) is 4.79 Å². The van der Waals surface area contributed by atoms with Crippen molar-refractivity contribution in [2.45, 2.75) is 11.4 Å². The smallest absolute Gasteiger partial charge is 0.346 e. The van der Waals surface area contributed by atoms with Gasteiger partial charge in [-0.3, -0.25) is 0 Å². The number of thiophene rings is 2. The molecule has 0 fully saturated rings. The van der Waals surface area contributed by atoms with Crippen LogP contribution in [0.5, 0.6) is 0 Å². The summed E-state index contributed by atoms with van der Waals surface area (Å²) in [6.45, 7) is 1.95. The molecule has 2 aromatic heterocycles. The minimum absolute atomic E-state index is 0.222. The van der Waals surface area contributed by atoms with E-state index < -0.39 is 5.97 Å². The Bertz CT molecular complexity index is 691. The van der Waals surface area contributed by atoms with Crippen LogP contribution in [0.25, 0.3) is 15.5 Å². The standard InChI is InChI=1S/C12H8INO2S2/c1-6-9(2-7(5-14)11(15)16)10-3-8(4-13)18-12(10)17-6/h2-3H,4H2,1H3,(H,15,16)/b7-2-. The molecule has 0 saturated carbocycles. The number of aryl methyl sites for hydroxylation is 1. The van der Waals surface area contributed by atoms with Crippen LogP contribution in [-0.2, 0) is 9.22 Å². The Kier molecular flexibility index (Phi) is 4.04. The maximum atomic E-state index is 10.9. The second-order valence-electron chi connectivity index (χ2n) is 3.59. The van der Waals surface area contributed by atoms with Crippen molar-refractivity contribution >= 4 is 66.7 Å². The number of carbonyl (C=O) groups is 1. The SMILES string of the molecule is Cc1sc2sc(CI)cc2c1/C=C(/C#N)C(=O)O. The van der Waals surface area contributed by atoms with E-state index in [0.29, 0.717) is 0 Å². The number of nitrogens with zero attached hydrogens (tertiary/aromatic N) is 1. The van der Waals surface area contributed by atoms with Gasteiger partial charge in [0.25, 0.3) is 0 Å². The molecule has 0 aliphatic heterocycles. The molecule has 2 aromatic rings. The molecule has 6 heteroatoms. The van der Waals surface area contributed by atoms with E-state index in [2.05, 4.69) is 28.7 Å². The second kappa shape index (κ2) is 5.38. The van der Waals surface area contributed by atoms with Crippen molar-refractivity contribution in [2.75, 3.05) is 0 Å². The third-order valence-corrected chi connectivity index (χ3v) is 6.14. The van der Waals surface area contributed by atoms with Crippen LogP contribution < -0.4 is 0 Å². The predicted molar refractivity (Wildman–Crippen MR) is 83.4 cm³/mol. The molecular weight excluding hydrogens is 381 g/mol. The van der Waals surface area contributed by atoms with Gasteiger partial charge in [0.1, 0.15) is 11.6 Å². The molecule has 0 atom stereocenters. The number of alkyl halides is 1. The lowest BCUT2D eigenvalue weighted by Crippen LogP contribution is -1.97. The summed E-state index contributed by atoms with van der Waals surface area (Å²) in [5.74, 6) is -1.18. The minimum atomic E-state index is -1.18. The van der Waals surface area contributed by atoms with Gasteiger partial charge in [-0.15, -0.1) is 22.7 Å². The lowest BCUT2D eigenvalue weighted by molar-refractivity contribution is -0.132. The van der Waals surface area contributed by atoms with Crippen molar-refractivity contribution in [2.24, 2.45) is 0 Å². The molecule has 0 unspecified atom stereocenters. The van der Waals surface area contributed by atoms with Crippen LogP contribution in [0.1, 0.15) is 15.3 Å². The van der Waals surface area contributed by atoms with Gasteiger partial charge in [-0.1, -0.05) is 22.6 Å². The fourth-order valence-corrected chi connectivity index (χ4v) is 4.74. The molecular formula is C12H8INO2S2. The molecule has 0 radical (unpaired) electrons. The summed E-state index contributed by atoms with van der Waals surface area (Å²) >= 11 is 5.68. The lowest BCUT2D eigenvalue weighted by Gasteiger charge is -1.93. The first-order valence-electron chi connectivity index (χ1n) is 4.99.